The van der Waals surface area contributed by atoms with Gasteiger partial charge in [0.05, 0.1) is 17.3 Å². The van der Waals surface area contributed by atoms with E-state index in [1.165, 1.54) is 30.9 Å². The summed E-state index contributed by atoms with van der Waals surface area (Å²) in [5.74, 6) is -0.401. The van der Waals surface area contributed by atoms with E-state index < -0.39 is 15.9 Å². The summed E-state index contributed by atoms with van der Waals surface area (Å²) in [4.78, 5) is 0.0323. The Balaban J connectivity index is 2.40. The maximum atomic E-state index is 13.9. The average Bonchev–Trinajstić information content (AvgIpc) is 2.90. The Bertz CT molecular complexity index is 1000. The van der Waals surface area contributed by atoms with Crippen LogP contribution in [0.3, 0.4) is 0 Å². The van der Waals surface area contributed by atoms with E-state index in [2.05, 4.69) is 5.10 Å². The van der Waals surface area contributed by atoms with Crippen molar-refractivity contribution in [1.82, 2.24) is 14.1 Å². The molecule has 0 aliphatic heterocycles. The zero-order valence-electron chi connectivity index (χ0n) is 16.7. The third kappa shape index (κ3) is 5.43. The molecule has 0 spiro atoms. The topological polar surface area (TPSA) is 101 Å². The molecular weight excluding hydrogens is 419 g/mol. The highest BCUT2D eigenvalue weighted by molar-refractivity contribution is 7.89. The number of aromatic nitrogens is 2. The van der Waals surface area contributed by atoms with E-state index in [0.717, 1.165) is 15.4 Å². The molecule has 1 heterocycles. The fraction of sp³-hybridized carbons (Fsp3) is 0.421. The van der Waals surface area contributed by atoms with Crippen molar-refractivity contribution in [3.05, 3.63) is 57.6 Å². The summed E-state index contributed by atoms with van der Waals surface area (Å²) >= 11 is 6.24. The normalized spacial score (nSPS) is 12.8. The van der Waals surface area contributed by atoms with Gasteiger partial charge >= 0.3 is 0 Å². The Hall–Kier alpha value is -1.78. The lowest BCUT2D eigenvalue weighted by Crippen LogP contribution is -2.22. The third-order valence-corrected chi connectivity index (χ3v) is 6.79. The van der Waals surface area contributed by atoms with Crippen LogP contribution in [0.1, 0.15) is 22.5 Å². The first-order valence-electron chi connectivity index (χ1n) is 9.03. The van der Waals surface area contributed by atoms with Crippen LogP contribution in [0.15, 0.2) is 35.0 Å². The number of nitrogens with two attached hydrogens (primary N) is 1. The van der Waals surface area contributed by atoms with Gasteiger partial charge in [-0.15, -0.1) is 0 Å². The molecule has 0 fully saturated rings. The smallest absolute Gasteiger partial charge is 0.244 e. The molecule has 0 saturated heterocycles. The fourth-order valence-corrected chi connectivity index (χ4v) is 4.45. The minimum absolute atomic E-state index is 0.0323. The number of halogens is 2. The van der Waals surface area contributed by atoms with E-state index in [9.17, 15) is 17.9 Å². The maximum absolute atomic E-state index is 13.9. The van der Waals surface area contributed by atoms with Gasteiger partial charge in [-0.3, -0.25) is 4.68 Å². The van der Waals surface area contributed by atoms with Gasteiger partial charge in [-0.25, -0.2) is 17.1 Å². The van der Waals surface area contributed by atoms with E-state index in [1.807, 2.05) is 6.92 Å². The summed E-state index contributed by atoms with van der Waals surface area (Å²) in [6.07, 6.45) is 2.02. The third-order valence-electron chi connectivity index (χ3n) is 4.49. The number of nitrogens with zero attached hydrogens (tertiary/aromatic N) is 3. The van der Waals surface area contributed by atoms with Crippen LogP contribution < -0.4 is 5.73 Å². The van der Waals surface area contributed by atoms with Gasteiger partial charge < -0.3 is 10.8 Å². The average molecular weight is 445 g/mol. The quantitative estimate of drug-likeness (QED) is 0.616. The molecule has 1 aromatic heterocycles. The minimum atomic E-state index is -3.64. The van der Waals surface area contributed by atoms with Crippen LogP contribution in [0, 0.1) is 6.92 Å². The number of aliphatic hydroxyl groups is 1. The van der Waals surface area contributed by atoms with Crippen molar-refractivity contribution in [2.45, 2.75) is 31.2 Å². The maximum Gasteiger partial charge on any atom is 0.244 e. The molecule has 0 aliphatic carbocycles. The van der Waals surface area contributed by atoms with E-state index in [1.54, 1.807) is 12.1 Å². The first-order valence-corrected chi connectivity index (χ1v) is 10.8. The number of aliphatic hydroxyl groups excluding tert-OH is 1. The van der Waals surface area contributed by atoms with Crippen LogP contribution in [0.4, 0.5) is 4.39 Å². The summed E-state index contributed by atoms with van der Waals surface area (Å²) in [5.41, 5.74) is 8.40. The van der Waals surface area contributed by atoms with Gasteiger partial charge in [0.15, 0.2) is 0 Å². The molecule has 160 valence electrons. The van der Waals surface area contributed by atoms with Gasteiger partial charge in [0, 0.05) is 51.3 Å². The molecule has 1 aromatic carbocycles. The van der Waals surface area contributed by atoms with Gasteiger partial charge in [-0.1, -0.05) is 17.7 Å². The molecule has 0 unspecified atom stereocenters. The van der Waals surface area contributed by atoms with E-state index in [0.29, 0.717) is 24.2 Å². The van der Waals surface area contributed by atoms with Gasteiger partial charge in [0.1, 0.15) is 10.7 Å². The number of benzene rings is 1. The van der Waals surface area contributed by atoms with Crippen molar-refractivity contribution in [2.24, 2.45) is 5.73 Å². The summed E-state index contributed by atoms with van der Waals surface area (Å²) in [5, 5.41) is 14.0. The van der Waals surface area contributed by atoms with E-state index >= 15 is 0 Å². The first kappa shape index (κ1) is 23.5. The SMILES string of the molecule is Cc1nn(C/C(F)=C/CN)c(CCO)c1Cc1ccc(S(=O)(=O)N(C)C)c(Cl)c1. The van der Waals surface area contributed by atoms with Crippen LogP contribution in [0.5, 0.6) is 0 Å². The van der Waals surface area contributed by atoms with Crippen LogP contribution >= 0.6 is 11.6 Å². The lowest BCUT2D eigenvalue weighted by Gasteiger charge is -2.14. The largest absolute Gasteiger partial charge is 0.396 e. The monoisotopic (exact) mass is 444 g/mol. The predicted octanol–water partition coefficient (Wildman–Crippen LogP) is 2.03. The van der Waals surface area contributed by atoms with Gasteiger partial charge in [0.2, 0.25) is 10.0 Å². The Labute approximate surface area is 175 Å². The van der Waals surface area contributed by atoms with Gasteiger partial charge in [0.25, 0.3) is 0 Å². The molecule has 10 heteroatoms. The molecule has 0 radical (unpaired) electrons. The summed E-state index contributed by atoms with van der Waals surface area (Å²) in [6, 6.07) is 4.77. The Kier molecular flexibility index (Phi) is 7.95. The molecule has 0 bridgehead atoms. The molecule has 0 amide bonds. The van der Waals surface area contributed by atoms with Gasteiger partial charge in [-0.2, -0.15) is 5.10 Å². The van der Waals surface area contributed by atoms with Crippen molar-refractivity contribution < 1.29 is 17.9 Å². The lowest BCUT2D eigenvalue weighted by molar-refractivity contribution is 0.295. The first-order chi connectivity index (χ1) is 13.6. The number of allylic oxidation sites excluding steroid dienone is 1. The molecule has 0 saturated carbocycles. The van der Waals surface area contributed by atoms with E-state index in [-0.39, 0.29) is 29.6 Å². The Morgan fingerprint density at radius 1 is 1.41 bits per heavy atom. The molecule has 0 aliphatic rings. The predicted molar refractivity (Wildman–Crippen MR) is 111 cm³/mol. The van der Waals surface area contributed by atoms with Crippen molar-refractivity contribution in [3.8, 4) is 0 Å². The standard InChI is InChI=1S/C19H26ClFN4O3S/c1-13-16(18(7-9-26)25(23-13)12-15(21)6-8-22)10-14-4-5-19(17(20)11-14)29(27,28)24(2)3/h4-6,11,26H,7-10,12,22H2,1-3H3/b15-6-. The zero-order chi connectivity index (χ0) is 21.8. The number of rotatable bonds is 9. The number of aryl methyl sites for hydroxylation is 1. The van der Waals surface area contributed by atoms with Crippen molar-refractivity contribution in [3.63, 3.8) is 0 Å². The Morgan fingerprint density at radius 2 is 2.10 bits per heavy atom. The second-order valence-corrected chi connectivity index (χ2v) is 9.29. The number of sulfonamides is 1. The molecule has 29 heavy (non-hydrogen) atoms. The zero-order valence-corrected chi connectivity index (χ0v) is 18.3. The molecule has 2 aromatic rings. The lowest BCUT2D eigenvalue weighted by atomic mass is 10.0. The van der Waals surface area contributed by atoms with E-state index in [4.69, 9.17) is 17.3 Å². The summed E-state index contributed by atoms with van der Waals surface area (Å²) in [6.45, 7) is 1.73. The molecular formula is C19H26ClFN4O3S. The summed E-state index contributed by atoms with van der Waals surface area (Å²) in [7, 11) is -0.761. The Morgan fingerprint density at radius 3 is 2.66 bits per heavy atom. The minimum Gasteiger partial charge on any atom is -0.396 e. The second kappa shape index (κ2) is 9.82. The van der Waals surface area contributed by atoms with Crippen molar-refractivity contribution in [1.29, 1.82) is 0 Å². The molecule has 0 atom stereocenters. The van der Waals surface area contributed by atoms with Crippen LogP contribution in [0.25, 0.3) is 0 Å². The van der Waals surface area contributed by atoms with Gasteiger partial charge in [-0.05, 0) is 30.7 Å². The number of hydrogen-bond acceptors (Lipinski definition) is 5. The van der Waals surface area contributed by atoms with Crippen molar-refractivity contribution in [2.75, 3.05) is 27.2 Å². The molecule has 7 nitrogen and oxygen atoms in total. The highest BCUT2D eigenvalue weighted by atomic mass is 35.5. The highest BCUT2D eigenvalue weighted by Crippen LogP contribution is 2.27. The fourth-order valence-electron chi connectivity index (χ4n) is 3.01. The van der Waals surface area contributed by atoms with Crippen LogP contribution in [-0.2, 0) is 29.4 Å². The second-order valence-electron chi connectivity index (χ2n) is 6.76. The van der Waals surface area contributed by atoms with Crippen LogP contribution in [-0.4, -0.2) is 54.9 Å². The number of hydrogen-bond donors (Lipinski definition) is 2. The highest BCUT2D eigenvalue weighted by Gasteiger charge is 2.22. The summed E-state index contributed by atoms with van der Waals surface area (Å²) < 4.78 is 41.2. The van der Waals surface area contributed by atoms with Crippen LogP contribution in [0.2, 0.25) is 5.02 Å². The molecule has 3 N–H and O–H groups in total. The molecule has 2 rings (SSSR count). The van der Waals surface area contributed by atoms with Crippen molar-refractivity contribution >= 4 is 21.6 Å².